The standard InChI is InChI=1S/C17H17FN2O/c1-3-9-20-15-10-12(18)7-8-14(15)19-17(20)13-5-4-6-16(21)11(13)2/h4-8,10,21H,3,9H2,1-2H3. The van der Waals surface area contributed by atoms with E-state index in [4.69, 9.17) is 0 Å². The van der Waals surface area contributed by atoms with Crippen molar-refractivity contribution in [3.05, 3.63) is 47.8 Å². The number of hydrogen-bond acceptors (Lipinski definition) is 2. The van der Waals surface area contributed by atoms with Crippen LogP contribution >= 0.6 is 0 Å². The first kappa shape index (κ1) is 13.6. The topological polar surface area (TPSA) is 38.0 Å². The van der Waals surface area contributed by atoms with E-state index in [9.17, 15) is 9.50 Å². The Morgan fingerprint density at radius 1 is 1.24 bits per heavy atom. The summed E-state index contributed by atoms with van der Waals surface area (Å²) >= 11 is 0. The molecular formula is C17H17FN2O. The third kappa shape index (κ3) is 2.27. The van der Waals surface area contributed by atoms with Crippen LogP contribution in [0.3, 0.4) is 0 Å². The van der Waals surface area contributed by atoms with Gasteiger partial charge in [-0.1, -0.05) is 19.1 Å². The fraction of sp³-hybridized carbons (Fsp3) is 0.235. The van der Waals surface area contributed by atoms with E-state index in [1.54, 1.807) is 18.2 Å². The molecule has 0 amide bonds. The van der Waals surface area contributed by atoms with Crippen LogP contribution in [0.1, 0.15) is 18.9 Å². The van der Waals surface area contributed by atoms with Crippen LogP contribution in [-0.2, 0) is 6.54 Å². The van der Waals surface area contributed by atoms with E-state index in [2.05, 4.69) is 11.9 Å². The Morgan fingerprint density at radius 2 is 2.05 bits per heavy atom. The molecule has 0 aliphatic heterocycles. The fourth-order valence-electron chi connectivity index (χ4n) is 2.62. The van der Waals surface area contributed by atoms with E-state index in [1.165, 1.54) is 12.1 Å². The second-order valence-corrected chi connectivity index (χ2v) is 5.17. The number of imidazole rings is 1. The Morgan fingerprint density at radius 3 is 2.81 bits per heavy atom. The number of hydrogen-bond donors (Lipinski definition) is 1. The molecule has 0 radical (unpaired) electrons. The van der Waals surface area contributed by atoms with Gasteiger partial charge < -0.3 is 9.67 Å². The third-order valence-electron chi connectivity index (χ3n) is 3.70. The Bertz CT molecular complexity index is 808. The second kappa shape index (κ2) is 5.20. The number of aromatic nitrogens is 2. The fourth-order valence-corrected chi connectivity index (χ4v) is 2.62. The molecule has 0 spiro atoms. The lowest BCUT2D eigenvalue weighted by Gasteiger charge is -2.10. The van der Waals surface area contributed by atoms with Crippen molar-refractivity contribution in [3.63, 3.8) is 0 Å². The normalized spacial score (nSPS) is 11.2. The van der Waals surface area contributed by atoms with Crippen molar-refractivity contribution in [1.29, 1.82) is 0 Å². The van der Waals surface area contributed by atoms with E-state index >= 15 is 0 Å². The van der Waals surface area contributed by atoms with Crippen LogP contribution < -0.4 is 0 Å². The molecule has 0 fully saturated rings. The highest BCUT2D eigenvalue weighted by Gasteiger charge is 2.15. The van der Waals surface area contributed by atoms with Crippen LogP contribution in [0.5, 0.6) is 5.75 Å². The summed E-state index contributed by atoms with van der Waals surface area (Å²) < 4.78 is 15.5. The number of aryl methyl sites for hydroxylation is 1. The third-order valence-corrected chi connectivity index (χ3v) is 3.70. The van der Waals surface area contributed by atoms with Crippen molar-refractivity contribution in [3.8, 4) is 17.1 Å². The summed E-state index contributed by atoms with van der Waals surface area (Å²) in [5.74, 6) is 0.749. The summed E-state index contributed by atoms with van der Waals surface area (Å²) in [5.41, 5.74) is 3.21. The molecule has 0 saturated carbocycles. The van der Waals surface area contributed by atoms with Crippen molar-refractivity contribution in [2.75, 3.05) is 0 Å². The van der Waals surface area contributed by atoms with E-state index < -0.39 is 0 Å². The van der Waals surface area contributed by atoms with E-state index in [1.807, 2.05) is 17.6 Å². The van der Waals surface area contributed by atoms with Crippen LogP contribution in [0.4, 0.5) is 4.39 Å². The second-order valence-electron chi connectivity index (χ2n) is 5.17. The van der Waals surface area contributed by atoms with Crippen molar-refractivity contribution in [2.24, 2.45) is 0 Å². The lowest BCUT2D eigenvalue weighted by molar-refractivity contribution is 0.471. The minimum atomic E-state index is -0.265. The van der Waals surface area contributed by atoms with Gasteiger partial charge in [0.1, 0.15) is 17.4 Å². The SMILES string of the molecule is CCCn1c(-c2cccc(O)c2C)nc2ccc(F)cc21. The summed E-state index contributed by atoms with van der Waals surface area (Å²) in [6, 6.07) is 10.0. The average molecular weight is 284 g/mol. The van der Waals surface area contributed by atoms with Gasteiger partial charge in [-0.15, -0.1) is 0 Å². The van der Waals surface area contributed by atoms with Crippen LogP contribution in [0, 0.1) is 12.7 Å². The number of aromatic hydroxyl groups is 1. The molecule has 3 nitrogen and oxygen atoms in total. The van der Waals surface area contributed by atoms with E-state index in [0.717, 1.165) is 41.0 Å². The van der Waals surface area contributed by atoms with Crippen LogP contribution in [0.15, 0.2) is 36.4 Å². The summed E-state index contributed by atoms with van der Waals surface area (Å²) in [6.45, 7) is 4.69. The molecule has 2 aromatic carbocycles. The molecule has 0 unspecified atom stereocenters. The number of rotatable bonds is 3. The van der Waals surface area contributed by atoms with Gasteiger partial charge in [0.05, 0.1) is 11.0 Å². The summed E-state index contributed by atoms with van der Waals surface area (Å²) in [4.78, 5) is 4.63. The van der Waals surface area contributed by atoms with Gasteiger partial charge in [0.2, 0.25) is 0 Å². The molecule has 1 N–H and O–H groups in total. The lowest BCUT2D eigenvalue weighted by atomic mass is 10.1. The highest BCUT2D eigenvalue weighted by molar-refractivity contribution is 5.81. The summed E-state index contributed by atoms with van der Waals surface area (Å²) in [6.07, 6.45) is 0.923. The first-order valence-corrected chi connectivity index (χ1v) is 7.06. The Hall–Kier alpha value is -2.36. The van der Waals surface area contributed by atoms with Crippen LogP contribution in [-0.4, -0.2) is 14.7 Å². The van der Waals surface area contributed by atoms with Crippen molar-refractivity contribution >= 4 is 11.0 Å². The Kier molecular flexibility index (Phi) is 3.37. The average Bonchev–Trinajstić information content (AvgIpc) is 2.81. The zero-order valence-electron chi connectivity index (χ0n) is 12.1. The smallest absolute Gasteiger partial charge is 0.141 e. The number of nitrogens with zero attached hydrogens (tertiary/aromatic N) is 2. The lowest BCUT2D eigenvalue weighted by Crippen LogP contribution is -2.01. The van der Waals surface area contributed by atoms with Gasteiger partial charge in [0, 0.05) is 17.7 Å². The minimum absolute atomic E-state index is 0.244. The van der Waals surface area contributed by atoms with Gasteiger partial charge in [-0.25, -0.2) is 9.37 Å². The van der Waals surface area contributed by atoms with Gasteiger partial charge in [0.15, 0.2) is 0 Å². The monoisotopic (exact) mass is 284 g/mol. The molecule has 3 rings (SSSR count). The molecule has 3 aromatic rings. The van der Waals surface area contributed by atoms with Gasteiger partial charge in [-0.3, -0.25) is 0 Å². The quantitative estimate of drug-likeness (QED) is 0.780. The molecule has 0 aliphatic rings. The highest BCUT2D eigenvalue weighted by Crippen LogP contribution is 2.31. The maximum absolute atomic E-state index is 13.5. The predicted molar refractivity (Wildman–Crippen MR) is 81.8 cm³/mol. The number of fused-ring (bicyclic) bond motifs is 1. The molecule has 0 atom stereocenters. The van der Waals surface area contributed by atoms with Crippen molar-refractivity contribution in [1.82, 2.24) is 9.55 Å². The molecule has 0 aliphatic carbocycles. The van der Waals surface area contributed by atoms with Gasteiger partial charge in [0.25, 0.3) is 0 Å². The van der Waals surface area contributed by atoms with Gasteiger partial charge in [-0.05, 0) is 37.6 Å². The number of phenolic OH excluding ortho intramolecular Hbond substituents is 1. The van der Waals surface area contributed by atoms with Gasteiger partial charge in [-0.2, -0.15) is 0 Å². The van der Waals surface area contributed by atoms with Crippen molar-refractivity contribution < 1.29 is 9.50 Å². The zero-order chi connectivity index (χ0) is 15.0. The maximum atomic E-state index is 13.5. The predicted octanol–water partition coefficient (Wildman–Crippen LogP) is 4.27. The highest BCUT2D eigenvalue weighted by atomic mass is 19.1. The Labute approximate surface area is 122 Å². The molecule has 0 bridgehead atoms. The molecule has 0 saturated heterocycles. The molecule has 1 aromatic heterocycles. The minimum Gasteiger partial charge on any atom is -0.508 e. The van der Waals surface area contributed by atoms with E-state index in [0.29, 0.717) is 0 Å². The number of halogens is 1. The number of benzene rings is 2. The van der Waals surface area contributed by atoms with Crippen molar-refractivity contribution in [2.45, 2.75) is 26.8 Å². The zero-order valence-corrected chi connectivity index (χ0v) is 12.1. The van der Waals surface area contributed by atoms with Crippen LogP contribution in [0.2, 0.25) is 0 Å². The van der Waals surface area contributed by atoms with Crippen LogP contribution in [0.25, 0.3) is 22.4 Å². The number of phenols is 1. The molecular weight excluding hydrogens is 267 g/mol. The molecule has 1 heterocycles. The first-order valence-electron chi connectivity index (χ1n) is 7.06. The Balaban J connectivity index is 2.31. The maximum Gasteiger partial charge on any atom is 0.141 e. The summed E-state index contributed by atoms with van der Waals surface area (Å²) in [5, 5.41) is 9.90. The first-order chi connectivity index (χ1) is 10.1. The largest absolute Gasteiger partial charge is 0.508 e. The molecule has 21 heavy (non-hydrogen) atoms. The van der Waals surface area contributed by atoms with Gasteiger partial charge >= 0.3 is 0 Å². The summed E-state index contributed by atoms with van der Waals surface area (Å²) in [7, 11) is 0. The van der Waals surface area contributed by atoms with E-state index in [-0.39, 0.29) is 11.6 Å². The molecule has 108 valence electrons. The molecule has 4 heteroatoms.